The summed E-state index contributed by atoms with van der Waals surface area (Å²) in [7, 11) is 1.68. The largest absolute Gasteiger partial charge is 0.496 e. The fourth-order valence-electron chi connectivity index (χ4n) is 2.56. The number of rotatable bonds is 3. The molecule has 0 amide bonds. The van der Waals surface area contributed by atoms with Crippen molar-refractivity contribution >= 4 is 11.6 Å². The minimum Gasteiger partial charge on any atom is -0.496 e. The molecule has 3 N–H and O–H groups in total. The molecule has 1 heterocycles. The summed E-state index contributed by atoms with van der Waals surface area (Å²) >= 11 is 6.20. The Labute approximate surface area is 114 Å². The molecule has 2 rings (SSSR count). The summed E-state index contributed by atoms with van der Waals surface area (Å²) in [5.74, 6) is 1.35. The summed E-state index contributed by atoms with van der Waals surface area (Å²) < 4.78 is 5.44. The number of ether oxygens (including phenoxy) is 1. The number of aryl methyl sites for hydroxylation is 1. The van der Waals surface area contributed by atoms with Crippen LogP contribution in [0.3, 0.4) is 0 Å². The van der Waals surface area contributed by atoms with Crippen molar-refractivity contribution in [1.29, 1.82) is 0 Å². The molecule has 1 aromatic carbocycles. The third kappa shape index (κ3) is 2.79. The van der Waals surface area contributed by atoms with Gasteiger partial charge in [0.2, 0.25) is 0 Å². The van der Waals surface area contributed by atoms with E-state index in [1.807, 2.05) is 19.1 Å². The van der Waals surface area contributed by atoms with Crippen LogP contribution in [0.25, 0.3) is 0 Å². The third-order valence-corrected chi connectivity index (χ3v) is 4.17. The van der Waals surface area contributed by atoms with Gasteiger partial charge in [0.05, 0.1) is 7.11 Å². The number of hydrogen-bond donors (Lipinski definition) is 2. The second-order valence-electron chi connectivity index (χ2n) is 4.96. The Bertz CT molecular complexity index is 417. The van der Waals surface area contributed by atoms with Crippen LogP contribution in [0.15, 0.2) is 12.1 Å². The normalized spacial score (nSPS) is 18.7. The minimum atomic E-state index is 0.000139. The molecule has 18 heavy (non-hydrogen) atoms. The first-order valence-corrected chi connectivity index (χ1v) is 6.81. The fraction of sp³-hybridized carbons (Fsp3) is 0.571. The van der Waals surface area contributed by atoms with Gasteiger partial charge in [0.25, 0.3) is 0 Å². The van der Waals surface area contributed by atoms with E-state index in [9.17, 15) is 0 Å². The fourth-order valence-corrected chi connectivity index (χ4v) is 2.74. The molecule has 0 saturated carbocycles. The summed E-state index contributed by atoms with van der Waals surface area (Å²) in [5, 5.41) is 4.12. The molecule has 100 valence electrons. The Balaban J connectivity index is 2.27. The van der Waals surface area contributed by atoms with Gasteiger partial charge in [-0.3, -0.25) is 0 Å². The number of nitrogens with one attached hydrogen (secondary N) is 1. The van der Waals surface area contributed by atoms with Crippen LogP contribution in [0.5, 0.6) is 5.75 Å². The molecule has 1 atom stereocenters. The lowest BCUT2D eigenvalue weighted by molar-refractivity contribution is 0.313. The first kappa shape index (κ1) is 13.7. The minimum absolute atomic E-state index is 0.000139. The third-order valence-electron chi connectivity index (χ3n) is 3.76. The lowest BCUT2D eigenvalue weighted by atomic mass is 9.86. The summed E-state index contributed by atoms with van der Waals surface area (Å²) in [4.78, 5) is 0. The average Bonchev–Trinajstić information content (AvgIpc) is 2.41. The van der Waals surface area contributed by atoms with Crippen molar-refractivity contribution in [3.05, 3.63) is 28.3 Å². The van der Waals surface area contributed by atoms with Crippen molar-refractivity contribution in [1.82, 2.24) is 5.32 Å². The lowest BCUT2D eigenvalue weighted by Crippen LogP contribution is -2.34. The zero-order chi connectivity index (χ0) is 13.1. The van der Waals surface area contributed by atoms with Gasteiger partial charge < -0.3 is 15.8 Å². The van der Waals surface area contributed by atoms with E-state index in [2.05, 4.69) is 5.32 Å². The maximum atomic E-state index is 6.40. The van der Waals surface area contributed by atoms with Gasteiger partial charge in [-0.1, -0.05) is 11.6 Å². The molecule has 0 aliphatic carbocycles. The van der Waals surface area contributed by atoms with Crippen molar-refractivity contribution < 1.29 is 4.74 Å². The van der Waals surface area contributed by atoms with Gasteiger partial charge in [0, 0.05) is 16.6 Å². The Morgan fingerprint density at radius 2 is 2.06 bits per heavy atom. The molecule has 4 heteroatoms. The maximum absolute atomic E-state index is 6.40. The van der Waals surface area contributed by atoms with Crippen molar-refractivity contribution in [2.24, 2.45) is 11.7 Å². The van der Waals surface area contributed by atoms with Crippen molar-refractivity contribution in [2.45, 2.75) is 25.8 Å². The van der Waals surface area contributed by atoms with E-state index in [-0.39, 0.29) is 6.04 Å². The number of halogens is 1. The van der Waals surface area contributed by atoms with Gasteiger partial charge in [0.1, 0.15) is 5.75 Å². The number of hydrogen-bond acceptors (Lipinski definition) is 3. The van der Waals surface area contributed by atoms with Crippen LogP contribution in [0.2, 0.25) is 5.02 Å². The molecule has 0 bridgehead atoms. The molecular weight excluding hydrogens is 248 g/mol. The molecule has 1 aromatic rings. The Kier molecular flexibility index (Phi) is 4.49. The number of methoxy groups -OCH3 is 1. The van der Waals surface area contributed by atoms with Crippen LogP contribution in [0.4, 0.5) is 0 Å². The number of nitrogens with two attached hydrogens (primary N) is 1. The monoisotopic (exact) mass is 268 g/mol. The van der Waals surface area contributed by atoms with Crippen LogP contribution >= 0.6 is 11.6 Å². The van der Waals surface area contributed by atoms with E-state index in [1.165, 1.54) is 0 Å². The Morgan fingerprint density at radius 1 is 1.39 bits per heavy atom. The van der Waals surface area contributed by atoms with E-state index in [4.69, 9.17) is 22.1 Å². The van der Waals surface area contributed by atoms with Crippen LogP contribution < -0.4 is 15.8 Å². The molecule has 0 aromatic heterocycles. The first-order chi connectivity index (χ1) is 8.63. The predicted octanol–water partition coefficient (Wildman–Crippen LogP) is 2.66. The van der Waals surface area contributed by atoms with Gasteiger partial charge in [-0.2, -0.15) is 0 Å². The van der Waals surface area contributed by atoms with Crippen LogP contribution in [-0.2, 0) is 0 Å². The highest BCUT2D eigenvalue weighted by molar-refractivity contribution is 6.31. The number of piperidine rings is 1. The van der Waals surface area contributed by atoms with Crippen LogP contribution in [-0.4, -0.2) is 20.2 Å². The second kappa shape index (κ2) is 5.91. The van der Waals surface area contributed by atoms with E-state index < -0.39 is 0 Å². The molecule has 1 unspecified atom stereocenters. The highest BCUT2D eigenvalue weighted by Gasteiger charge is 2.24. The summed E-state index contributed by atoms with van der Waals surface area (Å²) in [5.41, 5.74) is 8.45. The van der Waals surface area contributed by atoms with Crippen LogP contribution in [0, 0.1) is 12.8 Å². The molecule has 0 radical (unpaired) electrons. The van der Waals surface area contributed by atoms with Gasteiger partial charge >= 0.3 is 0 Å². The van der Waals surface area contributed by atoms with Crippen molar-refractivity contribution in [2.75, 3.05) is 20.2 Å². The molecule has 1 fully saturated rings. The van der Waals surface area contributed by atoms with Gasteiger partial charge in [0.15, 0.2) is 0 Å². The second-order valence-corrected chi connectivity index (χ2v) is 5.36. The first-order valence-electron chi connectivity index (χ1n) is 6.44. The molecule has 3 nitrogen and oxygen atoms in total. The highest BCUT2D eigenvalue weighted by Crippen LogP contribution is 2.35. The summed E-state index contributed by atoms with van der Waals surface area (Å²) in [6.07, 6.45) is 2.21. The quantitative estimate of drug-likeness (QED) is 0.886. The zero-order valence-corrected chi connectivity index (χ0v) is 11.8. The van der Waals surface area contributed by atoms with Gasteiger partial charge in [-0.05, 0) is 56.5 Å². The molecule has 0 spiro atoms. The van der Waals surface area contributed by atoms with Gasteiger partial charge in [-0.25, -0.2) is 0 Å². The summed E-state index contributed by atoms with van der Waals surface area (Å²) in [6.45, 7) is 4.06. The van der Waals surface area contributed by atoms with E-state index in [0.717, 1.165) is 47.8 Å². The van der Waals surface area contributed by atoms with Crippen molar-refractivity contribution in [3.8, 4) is 5.75 Å². The molecule has 1 saturated heterocycles. The SMILES string of the molecule is COc1cc(C)c(Cl)cc1C(N)C1CCNCC1. The maximum Gasteiger partial charge on any atom is 0.124 e. The van der Waals surface area contributed by atoms with Gasteiger partial charge in [-0.15, -0.1) is 0 Å². The zero-order valence-electron chi connectivity index (χ0n) is 11.0. The molecule has 1 aliphatic heterocycles. The van der Waals surface area contributed by atoms with Crippen LogP contribution in [0.1, 0.15) is 30.0 Å². The standard InChI is InChI=1S/C14H21ClN2O/c1-9-7-13(18-2)11(8-12(9)15)14(16)10-3-5-17-6-4-10/h7-8,10,14,17H,3-6,16H2,1-2H3. The summed E-state index contributed by atoms with van der Waals surface area (Å²) in [6, 6.07) is 3.93. The predicted molar refractivity (Wildman–Crippen MR) is 75.3 cm³/mol. The van der Waals surface area contributed by atoms with Crippen molar-refractivity contribution in [3.63, 3.8) is 0 Å². The average molecular weight is 269 g/mol. The number of benzene rings is 1. The smallest absolute Gasteiger partial charge is 0.124 e. The van der Waals surface area contributed by atoms with E-state index >= 15 is 0 Å². The molecular formula is C14H21ClN2O. The highest BCUT2D eigenvalue weighted by atomic mass is 35.5. The van der Waals surface area contributed by atoms with E-state index in [1.54, 1.807) is 7.11 Å². The topological polar surface area (TPSA) is 47.3 Å². The molecule has 1 aliphatic rings. The Morgan fingerprint density at radius 3 is 2.67 bits per heavy atom. The Hall–Kier alpha value is -0.770. The lowest BCUT2D eigenvalue weighted by Gasteiger charge is -2.29. The van der Waals surface area contributed by atoms with E-state index in [0.29, 0.717) is 5.92 Å².